The molecule has 0 N–H and O–H groups in total. The highest BCUT2D eigenvalue weighted by molar-refractivity contribution is 7.70. The molecule has 2 rings (SSSR count). The van der Waals surface area contributed by atoms with Crippen LogP contribution in [0.1, 0.15) is 41.5 Å². The van der Waals surface area contributed by atoms with Gasteiger partial charge in [0.1, 0.15) is 0 Å². The second-order valence-electron chi connectivity index (χ2n) is 10.8. The summed E-state index contributed by atoms with van der Waals surface area (Å²) in [5.41, 5.74) is 0. The molecule has 0 aliphatic rings. The molecular formula is C28H46P4. The third kappa shape index (κ3) is 9.80. The van der Waals surface area contributed by atoms with Gasteiger partial charge in [0.05, 0.1) is 0 Å². The fourth-order valence-electron chi connectivity index (χ4n) is 3.72. The van der Waals surface area contributed by atoms with Gasteiger partial charge in [-0.25, -0.2) is 0 Å². The monoisotopic (exact) mass is 506 g/mol. The highest BCUT2D eigenvalue weighted by Gasteiger charge is 2.27. The van der Waals surface area contributed by atoms with E-state index in [1.54, 1.807) is 10.6 Å². The first-order valence-corrected chi connectivity index (χ1v) is 19.4. The van der Waals surface area contributed by atoms with E-state index in [-0.39, 0.29) is 31.7 Å². The summed E-state index contributed by atoms with van der Waals surface area (Å²) < 4.78 is 0. The molecule has 0 nitrogen and oxygen atoms in total. The van der Waals surface area contributed by atoms with Crippen molar-refractivity contribution < 1.29 is 0 Å². The van der Waals surface area contributed by atoms with E-state index in [0.717, 1.165) is 0 Å². The van der Waals surface area contributed by atoms with Gasteiger partial charge in [-0.15, -0.1) is 15.8 Å². The topological polar surface area (TPSA) is 0 Å². The molecule has 0 aliphatic heterocycles. The Morgan fingerprint density at radius 3 is 1.50 bits per heavy atom. The lowest BCUT2D eigenvalue weighted by atomic mass is 10.3. The van der Waals surface area contributed by atoms with Gasteiger partial charge in [-0.2, -0.15) is 0 Å². The Labute approximate surface area is 204 Å². The van der Waals surface area contributed by atoms with Crippen molar-refractivity contribution in [2.75, 3.05) is 50.3 Å². The highest BCUT2D eigenvalue weighted by atomic mass is 31.1. The smallest absolute Gasteiger partial charge is 0.0179 e. The number of rotatable bonds is 11. The first-order chi connectivity index (χ1) is 15.0. The van der Waals surface area contributed by atoms with Crippen LogP contribution >= 0.6 is 31.7 Å². The molecule has 0 heterocycles. The Hall–Kier alpha value is 0.160. The molecule has 0 spiro atoms. The lowest BCUT2D eigenvalue weighted by Crippen LogP contribution is -2.21. The van der Waals surface area contributed by atoms with Gasteiger partial charge in [-0.05, 0) is 71.2 Å². The maximum Gasteiger partial charge on any atom is -0.0179 e. The van der Waals surface area contributed by atoms with Crippen molar-refractivity contribution in [2.45, 2.75) is 51.9 Å². The van der Waals surface area contributed by atoms with Crippen molar-refractivity contribution in [3.05, 3.63) is 60.7 Å². The molecule has 0 bridgehead atoms. The van der Waals surface area contributed by atoms with E-state index in [4.69, 9.17) is 0 Å². The Kier molecular flexibility index (Phi) is 11.8. The van der Waals surface area contributed by atoms with Gasteiger partial charge >= 0.3 is 0 Å². The van der Waals surface area contributed by atoms with Crippen LogP contribution in [0.25, 0.3) is 0 Å². The van der Waals surface area contributed by atoms with Gasteiger partial charge in [0, 0.05) is 0 Å². The van der Waals surface area contributed by atoms with Crippen LogP contribution in [0.5, 0.6) is 0 Å². The molecule has 0 amide bonds. The van der Waals surface area contributed by atoms with Crippen LogP contribution < -0.4 is 10.6 Å². The molecule has 0 radical (unpaired) electrons. The molecule has 4 atom stereocenters. The van der Waals surface area contributed by atoms with Crippen LogP contribution in [-0.4, -0.2) is 60.6 Å². The van der Waals surface area contributed by atoms with Crippen molar-refractivity contribution >= 4 is 42.3 Å². The van der Waals surface area contributed by atoms with E-state index in [9.17, 15) is 0 Å². The zero-order chi connectivity index (χ0) is 23.8. The molecule has 2 aromatic rings. The molecular weight excluding hydrogens is 460 g/mol. The molecule has 4 unspecified atom stereocenters. The van der Waals surface area contributed by atoms with Gasteiger partial charge in [0.25, 0.3) is 0 Å². The summed E-state index contributed by atoms with van der Waals surface area (Å²) in [5, 5.41) is 4.12. The standard InChI is InChI=1S/C28H46P4/c1-27(2,3)30(8)20-23-32(28(4,5)6)24-22-31(26-17-13-10-14-18-26)21-19-29(7)25-15-11-9-12-16-25/h9-18H,19-24H2,1-8H3. The van der Waals surface area contributed by atoms with E-state index in [1.165, 1.54) is 37.0 Å². The summed E-state index contributed by atoms with van der Waals surface area (Å²) in [5.74, 6) is 0. The first kappa shape index (κ1) is 28.4. The maximum atomic E-state index is 2.52. The molecule has 0 saturated carbocycles. The molecule has 2 aromatic carbocycles. The summed E-state index contributed by atoms with van der Waals surface area (Å²) in [7, 11) is 0.0546. The zero-order valence-corrected chi connectivity index (χ0v) is 25.4. The normalized spacial score (nSPS) is 16.4. The van der Waals surface area contributed by atoms with Crippen LogP contribution in [-0.2, 0) is 0 Å². The Morgan fingerprint density at radius 2 is 1.00 bits per heavy atom. The van der Waals surface area contributed by atoms with E-state index in [0.29, 0.717) is 10.3 Å². The van der Waals surface area contributed by atoms with E-state index in [2.05, 4.69) is 116 Å². The van der Waals surface area contributed by atoms with Crippen molar-refractivity contribution in [2.24, 2.45) is 0 Å². The molecule has 32 heavy (non-hydrogen) atoms. The summed E-state index contributed by atoms with van der Waals surface area (Å²) >= 11 is 0. The average molecular weight is 507 g/mol. The van der Waals surface area contributed by atoms with Crippen molar-refractivity contribution in [1.29, 1.82) is 0 Å². The Balaban J connectivity index is 2.05. The van der Waals surface area contributed by atoms with E-state index < -0.39 is 0 Å². The van der Waals surface area contributed by atoms with Crippen molar-refractivity contribution in [1.82, 2.24) is 0 Å². The second kappa shape index (κ2) is 13.3. The molecule has 4 heteroatoms. The van der Waals surface area contributed by atoms with Gasteiger partial charge in [0.15, 0.2) is 0 Å². The highest BCUT2D eigenvalue weighted by Crippen LogP contribution is 2.55. The van der Waals surface area contributed by atoms with Gasteiger partial charge in [0.2, 0.25) is 0 Å². The van der Waals surface area contributed by atoms with Gasteiger partial charge in [-0.3, -0.25) is 0 Å². The Bertz CT molecular complexity index is 762. The third-order valence-electron chi connectivity index (χ3n) is 6.46. The average Bonchev–Trinajstić information content (AvgIpc) is 2.74. The zero-order valence-electron chi connectivity index (χ0n) is 21.8. The summed E-state index contributed by atoms with van der Waals surface area (Å²) in [6.45, 7) is 19.8. The second-order valence-corrected chi connectivity index (χ2v) is 22.2. The molecule has 0 aromatic heterocycles. The largest absolute Gasteiger partial charge is 0.104 e. The SMILES string of the molecule is CP(CCP(CCP(CCP(C)C(C)(C)C)C(C)(C)C)c1ccccc1)c1ccccc1. The summed E-state index contributed by atoms with van der Waals surface area (Å²) in [6.07, 6.45) is 8.50. The first-order valence-electron chi connectivity index (χ1n) is 12.0. The molecule has 0 aliphatic carbocycles. The number of benzene rings is 2. The van der Waals surface area contributed by atoms with Crippen molar-refractivity contribution in [3.8, 4) is 0 Å². The van der Waals surface area contributed by atoms with E-state index in [1.807, 2.05) is 0 Å². The van der Waals surface area contributed by atoms with Crippen LogP contribution in [0.3, 0.4) is 0 Å². The van der Waals surface area contributed by atoms with Crippen LogP contribution in [0, 0.1) is 0 Å². The van der Waals surface area contributed by atoms with Crippen LogP contribution in [0.2, 0.25) is 0 Å². The van der Waals surface area contributed by atoms with Gasteiger partial charge < -0.3 is 0 Å². The quantitative estimate of drug-likeness (QED) is 0.268. The fraction of sp³-hybridized carbons (Fsp3) is 0.571. The lowest BCUT2D eigenvalue weighted by Gasteiger charge is -2.36. The van der Waals surface area contributed by atoms with E-state index >= 15 is 0 Å². The molecule has 0 saturated heterocycles. The molecule has 0 fully saturated rings. The number of hydrogen-bond acceptors (Lipinski definition) is 0. The molecule has 178 valence electrons. The maximum absolute atomic E-state index is 2.52. The Morgan fingerprint density at radius 1 is 0.531 bits per heavy atom. The van der Waals surface area contributed by atoms with Gasteiger partial charge in [-0.1, -0.05) is 118 Å². The summed E-state index contributed by atoms with van der Waals surface area (Å²) in [4.78, 5) is 0. The third-order valence-corrected chi connectivity index (χ3v) is 18.8. The predicted molar refractivity (Wildman–Crippen MR) is 160 cm³/mol. The predicted octanol–water partition coefficient (Wildman–Crippen LogP) is 8.42. The summed E-state index contributed by atoms with van der Waals surface area (Å²) in [6, 6.07) is 22.7. The minimum atomic E-state index is -0.0692. The van der Waals surface area contributed by atoms with Crippen molar-refractivity contribution in [3.63, 3.8) is 0 Å². The lowest BCUT2D eigenvalue weighted by molar-refractivity contribution is 0.775. The van der Waals surface area contributed by atoms with Crippen LogP contribution in [0.15, 0.2) is 60.7 Å². The number of hydrogen-bond donors (Lipinski definition) is 0. The minimum Gasteiger partial charge on any atom is -0.104 e. The fourth-order valence-corrected chi connectivity index (χ4v) is 14.5. The van der Waals surface area contributed by atoms with Crippen LogP contribution in [0.4, 0.5) is 0 Å². The minimum absolute atomic E-state index is 0.0515.